The molecule has 0 aromatic carbocycles. The van der Waals surface area contributed by atoms with Gasteiger partial charge in [-0.15, -0.1) is 0 Å². The average molecular weight is 323 g/mol. The fourth-order valence-electron chi connectivity index (χ4n) is 2.44. The number of ether oxygens (including phenoxy) is 1. The minimum atomic E-state index is -0.752. The van der Waals surface area contributed by atoms with Crippen LogP contribution >= 0.6 is 0 Å². The van der Waals surface area contributed by atoms with Crippen molar-refractivity contribution in [1.82, 2.24) is 15.2 Å². The third kappa shape index (κ3) is 4.92. The van der Waals surface area contributed by atoms with E-state index in [4.69, 9.17) is 9.84 Å². The Morgan fingerprint density at radius 3 is 2.70 bits per heavy atom. The van der Waals surface area contributed by atoms with Gasteiger partial charge in [-0.1, -0.05) is 13.8 Å². The van der Waals surface area contributed by atoms with Gasteiger partial charge in [0.2, 0.25) is 0 Å². The Labute approximate surface area is 136 Å². The van der Waals surface area contributed by atoms with Crippen LogP contribution in [0.1, 0.15) is 36.3 Å². The highest BCUT2D eigenvalue weighted by atomic mass is 16.5. The molecule has 0 aliphatic carbocycles. The van der Waals surface area contributed by atoms with Crippen molar-refractivity contribution in [3.63, 3.8) is 0 Å². The molecule has 0 bridgehead atoms. The smallest absolute Gasteiger partial charge is 0.307 e. The second kappa shape index (κ2) is 9.09. The Hall–Kier alpha value is -2.15. The third-order valence-corrected chi connectivity index (χ3v) is 3.64. The van der Waals surface area contributed by atoms with E-state index in [-0.39, 0.29) is 11.8 Å². The predicted molar refractivity (Wildman–Crippen MR) is 86.5 cm³/mol. The molecule has 7 heteroatoms. The highest BCUT2D eigenvalue weighted by Crippen LogP contribution is 2.24. The standard InChI is InChI=1S/C14H19N3O4.C2H6/c1-15-13(18)11-5-12(21-2)10(6-16-11)8-17-4-3-9(7-17)14(19)20;1-2/h5-6,9H,3-4,7-8H2,1-2H3,(H,15,18)(H,19,20);1-2H3. The molecule has 1 saturated heterocycles. The van der Waals surface area contributed by atoms with Crippen LogP contribution in [0, 0.1) is 5.92 Å². The van der Waals surface area contributed by atoms with Crippen LogP contribution in [0.15, 0.2) is 12.3 Å². The molecule has 0 saturated carbocycles. The van der Waals surface area contributed by atoms with Gasteiger partial charge in [-0.3, -0.25) is 19.5 Å². The summed E-state index contributed by atoms with van der Waals surface area (Å²) in [6.07, 6.45) is 2.26. The highest BCUT2D eigenvalue weighted by molar-refractivity contribution is 5.92. The molecule has 1 fully saturated rings. The SMILES string of the molecule is CC.CNC(=O)c1cc(OC)c(CN2CCC(C(=O)O)C2)cn1. The van der Waals surface area contributed by atoms with Crippen molar-refractivity contribution in [2.24, 2.45) is 5.92 Å². The van der Waals surface area contributed by atoms with Crippen molar-refractivity contribution in [2.75, 3.05) is 27.2 Å². The average Bonchev–Trinajstić information content (AvgIpc) is 3.05. The minimum Gasteiger partial charge on any atom is -0.496 e. The second-order valence-corrected chi connectivity index (χ2v) is 5.02. The Balaban J connectivity index is 0.00000127. The van der Waals surface area contributed by atoms with Crippen LogP contribution in [-0.2, 0) is 11.3 Å². The second-order valence-electron chi connectivity index (χ2n) is 5.02. The normalized spacial score (nSPS) is 17.1. The van der Waals surface area contributed by atoms with Crippen molar-refractivity contribution in [3.05, 3.63) is 23.5 Å². The largest absolute Gasteiger partial charge is 0.496 e. The maximum absolute atomic E-state index is 11.6. The third-order valence-electron chi connectivity index (χ3n) is 3.64. The van der Waals surface area contributed by atoms with Gasteiger partial charge in [0, 0.05) is 38.0 Å². The number of pyridine rings is 1. The van der Waals surface area contributed by atoms with E-state index in [1.165, 1.54) is 7.11 Å². The van der Waals surface area contributed by atoms with Gasteiger partial charge in [-0.2, -0.15) is 0 Å². The zero-order chi connectivity index (χ0) is 17.4. The van der Waals surface area contributed by atoms with Crippen molar-refractivity contribution < 1.29 is 19.4 Å². The molecule has 1 aromatic heterocycles. The van der Waals surface area contributed by atoms with E-state index in [9.17, 15) is 9.59 Å². The summed E-state index contributed by atoms with van der Waals surface area (Å²) in [4.78, 5) is 28.7. The van der Waals surface area contributed by atoms with Gasteiger partial charge < -0.3 is 15.2 Å². The number of carbonyl (C=O) groups excluding carboxylic acids is 1. The summed E-state index contributed by atoms with van der Waals surface area (Å²) in [6.45, 7) is 5.82. The fraction of sp³-hybridized carbons (Fsp3) is 0.562. The Morgan fingerprint density at radius 1 is 1.48 bits per heavy atom. The fourth-order valence-corrected chi connectivity index (χ4v) is 2.44. The molecule has 2 heterocycles. The first-order chi connectivity index (χ1) is 11.0. The molecule has 7 nitrogen and oxygen atoms in total. The number of carboxylic acid groups (broad SMARTS) is 1. The molecular weight excluding hydrogens is 298 g/mol. The van der Waals surface area contributed by atoms with Crippen LogP contribution in [0.25, 0.3) is 0 Å². The quantitative estimate of drug-likeness (QED) is 0.850. The number of aromatic nitrogens is 1. The summed E-state index contributed by atoms with van der Waals surface area (Å²) in [5.74, 6) is -0.749. The maximum Gasteiger partial charge on any atom is 0.307 e. The van der Waals surface area contributed by atoms with Gasteiger partial charge in [0.25, 0.3) is 5.91 Å². The van der Waals surface area contributed by atoms with Crippen LogP contribution in [0.4, 0.5) is 0 Å². The van der Waals surface area contributed by atoms with Crippen LogP contribution in [0.3, 0.4) is 0 Å². The number of hydrogen-bond acceptors (Lipinski definition) is 5. The monoisotopic (exact) mass is 323 g/mol. The summed E-state index contributed by atoms with van der Waals surface area (Å²) in [7, 11) is 3.08. The van der Waals surface area contributed by atoms with E-state index in [2.05, 4.69) is 15.2 Å². The predicted octanol–water partition coefficient (Wildman–Crippen LogP) is 1.38. The first-order valence-corrected chi connectivity index (χ1v) is 7.75. The molecule has 1 unspecified atom stereocenters. The number of likely N-dealkylation sites (tertiary alicyclic amines) is 1. The number of methoxy groups -OCH3 is 1. The lowest BCUT2D eigenvalue weighted by Crippen LogP contribution is -2.24. The lowest BCUT2D eigenvalue weighted by Gasteiger charge is -2.17. The van der Waals surface area contributed by atoms with E-state index in [0.717, 1.165) is 12.1 Å². The van der Waals surface area contributed by atoms with E-state index < -0.39 is 5.97 Å². The molecule has 0 spiro atoms. The first kappa shape index (κ1) is 18.9. The van der Waals surface area contributed by atoms with Gasteiger partial charge >= 0.3 is 5.97 Å². The maximum atomic E-state index is 11.6. The molecule has 1 atom stereocenters. The summed E-state index contributed by atoms with van der Waals surface area (Å²) in [6, 6.07) is 1.60. The number of nitrogens with zero attached hydrogens (tertiary/aromatic N) is 2. The first-order valence-electron chi connectivity index (χ1n) is 7.75. The lowest BCUT2D eigenvalue weighted by atomic mass is 10.1. The van der Waals surface area contributed by atoms with Gasteiger partial charge in [0.1, 0.15) is 11.4 Å². The molecule has 1 aliphatic heterocycles. The number of amides is 1. The van der Waals surface area contributed by atoms with Crippen LogP contribution in [0.2, 0.25) is 0 Å². The van der Waals surface area contributed by atoms with Gasteiger partial charge in [-0.25, -0.2) is 0 Å². The van der Waals surface area contributed by atoms with E-state index in [0.29, 0.717) is 31.0 Å². The molecular formula is C16H25N3O4. The Morgan fingerprint density at radius 2 is 2.17 bits per heavy atom. The summed E-state index contributed by atoms with van der Waals surface area (Å²) >= 11 is 0. The minimum absolute atomic E-state index is 0.271. The van der Waals surface area contributed by atoms with E-state index in [1.807, 2.05) is 13.8 Å². The molecule has 0 radical (unpaired) electrons. The number of carbonyl (C=O) groups is 2. The number of nitrogens with one attached hydrogen (secondary N) is 1. The lowest BCUT2D eigenvalue weighted by molar-refractivity contribution is -0.141. The molecule has 1 aromatic rings. The van der Waals surface area contributed by atoms with E-state index >= 15 is 0 Å². The van der Waals surface area contributed by atoms with Crippen LogP contribution in [-0.4, -0.2) is 54.1 Å². The summed E-state index contributed by atoms with van der Waals surface area (Å²) in [5, 5.41) is 11.5. The molecule has 2 rings (SSSR count). The van der Waals surface area contributed by atoms with Crippen molar-refractivity contribution in [3.8, 4) is 5.75 Å². The van der Waals surface area contributed by atoms with Crippen molar-refractivity contribution in [1.29, 1.82) is 0 Å². The summed E-state index contributed by atoms with van der Waals surface area (Å²) in [5.41, 5.74) is 1.14. The zero-order valence-electron chi connectivity index (χ0n) is 14.1. The summed E-state index contributed by atoms with van der Waals surface area (Å²) < 4.78 is 5.30. The van der Waals surface area contributed by atoms with Crippen molar-refractivity contribution in [2.45, 2.75) is 26.8 Å². The zero-order valence-corrected chi connectivity index (χ0v) is 14.1. The number of aliphatic carboxylic acids is 1. The molecule has 1 aliphatic rings. The number of carboxylic acids is 1. The highest BCUT2D eigenvalue weighted by Gasteiger charge is 2.28. The van der Waals surface area contributed by atoms with Crippen molar-refractivity contribution >= 4 is 11.9 Å². The van der Waals surface area contributed by atoms with Crippen LogP contribution < -0.4 is 10.1 Å². The number of rotatable bonds is 5. The number of hydrogen-bond donors (Lipinski definition) is 2. The molecule has 128 valence electrons. The Kier molecular flexibility index (Phi) is 7.47. The van der Waals surface area contributed by atoms with E-state index in [1.54, 1.807) is 19.3 Å². The topological polar surface area (TPSA) is 91.8 Å². The van der Waals surface area contributed by atoms with Gasteiger partial charge in [0.15, 0.2) is 0 Å². The molecule has 1 amide bonds. The van der Waals surface area contributed by atoms with Crippen LogP contribution in [0.5, 0.6) is 5.75 Å². The van der Waals surface area contributed by atoms with Gasteiger partial charge in [-0.05, 0) is 13.0 Å². The molecule has 2 N–H and O–H groups in total. The van der Waals surface area contributed by atoms with Gasteiger partial charge in [0.05, 0.1) is 13.0 Å². The Bertz CT molecular complexity index is 548. The molecule has 23 heavy (non-hydrogen) atoms.